The summed E-state index contributed by atoms with van der Waals surface area (Å²) in [6.07, 6.45) is 1.54. The maximum atomic E-state index is 12.9. The Morgan fingerprint density at radius 2 is 2.21 bits per heavy atom. The Labute approximate surface area is 81.0 Å². The zero-order chi connectivity index (χ0) is 10.7. The van der Waals surface area contributed by atoms with Crippen molar-refractivity contribution in [2.24, 2.45) is 0 Å². The highest BCUT2D eigenvalue weighted by molar-refractivity contribution is 5.39. The minimum atomic E-state index is -0.838. The third-order valence-corrected chi connectivity index (χ3v) is 1.88. The van der Waals surface area contributed by atoms with Crippen molar-refractivity contribution in [1.29, 1.82) is 0 Å². The summed E-state index contributed by atoms with van der Waals surface area (Å²) in [7, 11) is 0. The van der Waals surface area contributed by atoms with Gasteiger partial charge >= 0.3 is 5.69 Å². The van der Waals surface area contributed by atoms with Crippen LogP contribution in [-0.4, -0.2) is 4.92 Å². The van der Waals surface area contributed by atoms with Crippen LogP contribution in [0.2, 0.25) is 0 Å². The highest BCUT2D eigenvalue weighted by Crippen LogP contribution is 2.23. The molecule has 1 atom stereocenters. The summed E-state index contributed by atoms with van der Waals surface area (Å²) in [5, 5.41) is 10.4. The van der Waals surface area contributed by atoms with Crippen LogP contribution in [-0.2, 0) is 0 Å². The Morgan fingerprint density at radius 3 is 2.71 bits per heavy atom. The Morgan fingerprint density at radius 1 is 1.57 bits per heavy atom. The Bertz CT molecular complexity index is 376. The van der Waals surface area contributed by atoms with Crippen LogP contribution in [0.15, 0.2) is 30.9 Å². The average molecular weight is 194 g/mol. The lowest BCUT2D eigenvalue weighted by molar-refractivity contribution is -0.387. The quantitative estimate of drug-likeness (QED) is 0.422. The lowest BCUT2D eigenvalue weighted by Crippen LogP contribution is -1.96. The van der Waals surface area contributed by atoms with Gasteiger partial charge in [-0.3, -0.25) is 10.1 Å². The Kier molecular flexibility index (Phi) is 2.96. The molecule has 0 aliphatic carbocycles. The number of nitrogens with zero attached hydrogens (tertiary/aromatic N) is 1. The number of halogens is 1. The zero-order valence-corrected chi connectivity index (χ0v) is 7.44. The molecule has 1 unspecified atom stereocenters. The summed E-state index contributed by atoms with van der Waals surface area (Å²) in [5.41, 5.74) is 0.0473. The second-order valence-corrected chi connectivity index (χ2v) is 2.81. The van der Waals surface area contributed by atoms with Crippen molar-refractivity contribution >= 4 is 5.69 Å². The number of hydrogen-bond acceptors (Lipinski definition) is 2. The van der Waals surface area contributed by atoms with E-state index in [1.807, 2.05) is 0 Å². The fourth-order valence-electron chi connectivity index (χ4n) is 1.04. The van der Waals surface area contributed by atoms with Gasteiger partial charge in [0.25, 0.3) is 0 Å². The van der Waals surface area contributed by atoms with Gasteiger partial charge in [0, 0.05) is 12.0 Å². The van der Waals surface area contributed by atoms with Crippen molar-refractivity contribution in [3.63, 3.8) is 0 Å². The van der Waals surface area contributed by atoms with Crippen molar-refractivity contribution in [2.75, 3.05) is 0 Å². The maximum absolute atomic E-state index is 12.9. The van der Waals surface area contributed by atoms with Gasteiger partial charge in [-0.2, -0.15) is 4.39 Å². The fraction of sp³-hybridized carbons (Fsp3) is 0.100. The molecule has 0 aromatic heterocycles. The van der Waals surface area contributed by atoms with Crippen LogP contribution in [0.3, 0.4) is 0 Å². The Balaban J connectivity index is 3.19. The minimum absolute atomic E-state index is 0.269. The molecule has 1 radical (unpaired) electrons. The lowest BCUT2D eigenvalue weighted by Gasteiger charge is -2.05. The van der Waals surface area contributed by atoms with E-state index in [0.29, 0.717) is 5.56 Å². The molecule has 0 amide bonds. The number of rotatable bonds is 3. The van der Waals surface area contributed by atoms with Gasteiger partial charge < -0.3 is 0 Å². The number of nitro groups is 1. The molecule has 0 aliphatic rings. The van der Waals surface area contributed by atoms with E-state index in [1.54, 1.807) is 0 Å². The predicted molar refractivity (Wildman–Crippen MR) is 51.3 cm³/mol. The molecule has 4 heteroatoms. The molecule has 73 valence electrons. The molecule has 0 fully saturated rings. The monoisotopic (exact) mass is 194 g/mol. The van der Waals surface area contributed by atoms with Crippen LogP contribution < -0.4 is 0 Å². The van der Waals surface area contributed by atoms with E-state index in [1.165, 1.54) is 18.2 Å². The normalized spacial score (nSPS) is 12.1. The first-order chi connectivity index (χ1) is 6.56. The molecule has 0 bridgehead atoms. The smallest absolute Gasteiger partial charge is 0.258 e. The van der Waals surface area contributed by atoms with E-state index < -0.39 is 16.4 Å². The summed E-state index contributed by atoms with van der Waals surface area (Å²) in [4.78, 5) is 9.65. The molecule has 0 aliphatic heterocycles. The highest BCUT2D eigenvalue weighted by Gasteiger charge is 2.15. The molecular formula is C10H9FNO2. The average Bonchev–Trinajstić information content (AvgIpc) is 2.17. The van der Waals surface area contributed by atoms with Crippen molar-refractivity contribution in [1.82, 2.24) is 0 Å². The zero-order valence-electron chi connectivity index (χ0n) is 7.44. The number of hydrogen-bond donors (Lipinski definition) is 0. The van der Waals surface area contributed by atoms with E-state index in [2.05, 4.69) is 13.5 Å². The molecule has 0 saturated heterocycles. The van der Waals surface area contributed by atoms with Crippen LogP contribution in [0.5, 0.6) is 0 Å². The number of allylic oxidation sites excluding steroid dienone is 1. The van der Waals surface area contributed by atoms with E-state index in [-0.39, 0.29) is 5.92 Å². The third kappa shape index (κ3) is 1.96. The first kappa shape index (κ1) is 10.4. The van der Waals surface area contributed by atoms with Gasteiger partial charge in [-0.25, -0.2) is 0 Å². The van der Waals surface area contributed by atoms with Gasteiger partial charge in [0.2, 0.25) is 5.82 Å². The fourth-order valence-corrected chi connectivity index (χ4v) is 1.04. The first-order valence-electron chi connectivity index (χ1n) is 3.95. The second kappa shape index (κ2) is 4.00. The van der Waals surface area contributed by atoms with Gasteiger partial charge in [-0.05, 0) is 18.6 Å². The standard InChI is InChI=1S/C10H9FNO2/c1-3-7(2)8-4-5-9(11)10(6-8)12(13)14/h3-7H,1-2H2. The van der Waals surface area contributed by atoms with Gasteiger partial charge in [-0.1, -0.05) is 12.1 Å². The van der Waals surface area contributed by atoms with Gasteiger partial charge in [0.15, 0.2) is 0 Å². The van der Waals surface area contributed by atoms with Crippen LogP contribution in [0, 0.1) is 22.9 Å². The van der Waals surface area contributed by atoms with E-state index in [9.17, 15) is 14.5 Å². The van der Waals surface area contributed by atoms with Crippen LogP contribution in [0.1, 0.15) is 11.5 Å². The minimum Gasteiger partial charge on any atom is -0.258 e. The summed E-state index contributed by atoms with van der Waals surface area (Å²) < 4.78 is 12.9. The number of benzene rings is 1. The molecule has 1 aromatic carbocycles. The molecule has 0 heterocycles. The van der Waals surface area contributed by atoms with Crippen LogP contribution in [0.4, 0.5) is 10.1 Å². The number of nitro benzene ring substituents is 1. The van der Waals surface area contributed by atoms with E-state index >= 15 is 0 Å². The van der Waals surface area contributed by atoms with Crippen molar-refractivity contribution in [3.05, 3.63) is 59.3 Å². The SMILES string of the molecule is [CH2]C(C=C)c1ccc(F)c([N+](=O)[O-])c1. The summed E-state index contributed by atoms with van der Waals surface area (Å²) in [6.45, 7) is 7.20. The van der Waals surface area contributed by atoms with Gasteiger partial charge in [0.05, 0.1) is 4.92 Å². The molecule has 1 aromatic rings. The second-order valence-electron chi connectivity index (χ2n) is 2.81. The third-order valence-electron chi connectivity index (χ3n) is 1.88. The first-order valence-corrected chi connectivity index (χ1v) is 3.95. The van der Waals surface area contributed by atoms with Crippen LogP contribution >= 0.6 is 0 Å². The van der Waals surface area contributed by atoms with E-state index in [0.717, 1.165) is 6.07 Å². The summed E-state index contributed by atoms with van der Waals surface area (Å²) in [6, 6.07) is 3.70. The molecule has 1 rings (SSSR count). The van der Waals surface area contributed by atoms with Crippen molar-refractivity contribution < 1.29 is 9.31 Å². The molecule has 0 N–H and O–H groups in total. The summed E-state index contributed by atoms with van der Waals surface area (Å²) >= 11 is 0. The highest BCUT2D eigenvalue weighted by atomic mass is 19.1. The molecule has 0 spiro atoms. The molecule has 14 heavy (non-hydrogen) atoms. The van der Waals surface area contributed by atoms with Gasteiger partial charge in [0.1, 0.15) is 0 Å². The maximum Gasteiger partial charge on any atom is 0.305 e. The lowest BCUT2D eigenvalue weighted by atomic mass is 10.0. The molecule has 3 nitrogen and oxygen atoms in total. The molecule has 0 saturated carbocycles. The van der Waals surface area contributed by atoms with Crippen molar-refractivity contribution in [2.45, 2.75) is 5.92 Å². The molecular weight excluding hydrogens is 185 g/mol. The Hall–Kier alpha value is -1.71. The topological polar surface area (TPSA) is 43.1 Å². The summed E-state index contributed by atoms with van der Waals surface area (Å²) in [5.74, 6) is -1.11. The van der Waals surface area contributed by atoms with E-state index in [4.69, 9.17) is 0 Å². The van der Waals surface area contributed by atoms with Crippen LogP contribution in [0.25, 0.3) is 0 Å². The van der Waals surface area contributed by atoms with Gasteiger partial charge in [-0.15, -0.1) is 6.58 Å². The predicted octanol–water partition coefficient (Wildman–Crippen LogP) is 2.84. The van der Waals surface area contributed by atoms with Crippen molar-refractivity contribution in [3.8, 4) is 0 Å². The largest absolute Gasteiger partial charge is 0.305 e.